The Kier molecular flexibility index (Phi) is 4.04. The van der Waals surface area contributed by atoms with Crippen LogP contribution in [-0.4, -0.2) is 38.6 Å². The van der Waals surface area contributed by atoms with Gasteiger partial charge in [-0.3, -0.25) is 24.8 Å². The number of carbonyl (C=O) groups is 1. The van der Waals surface area contributed by atoms with E-state index < -0.39 is 0 Å². The van der Waals surface area contributed by atoms with E-state index in [4.69, 9.17) is 5.41 Å². The molecule has 1 aliphatic rings. The maximum atomic E-state index is 12.0. The van der Waals surface area contributed by atoms with E-state index in [1.807, 2.05) is 19.2 Å². The number of aryl methyl sites for hydroxylation is 1. The van der Waals surface area contributed by atoms with E-state index in [9.17, 15) is 4.79 Å². The molecule has 0 aromatic carbocycles. The zero-order chi connectivity index (χ0) is 17.3. The molecular formula is C17H18N6O. The SMILES string of the molecule is CC#Cc1cncc(-c2cc([C@@H]3CC(=O)N(C)C(=N)N3)n(C)n2)c1. The van der Waals surface area contributed by atoms with Crippen LogP contribution in [0, 0.1) is 17.3 Å². The minimum atomic E-state index is -0.265. The Morgan fingerprint density at radius 3 is 2.83 bits per heavy atom. The van der Waals surface area contributed by atoms with Gasteiger partial charge in [0.05, 0.1) is 23.9 Å². The first-order chi connectivity index (χ1) is 11.5. The van der Waals surface area contributed by atoms with Crippen molar-refractivity contribution in [3.8, 4) is 23.1 Å². The Labute approximate surface area is 140 Å². The summed E-state index contributed by atoms with van der Waals surface area (Å²) >= 11 is 0. The third kappa shape index (κ3) is 2.86. The molecular weight excluding hydrogens is 304 g/mol. The lowest BCUT2D eigenvalue weighted by Gasteiger charge is -2.30. The van der Waals surface area contributed by atoms with E-state index in [1.54, 1.807) is 31.0 Å². The molecule has 0 bridgehead atoms. The first-order valence-electron chi connectivity index (χ1n) is 7.53. The molecule has 24 heavy (non-hydrogen) atoms. The van der Waals surface area contributed by atoms with Crippen LogP contribution in [0.3, 0.4) is 0 Å². The van der Waals surface area contributed by atoms with Crippen molar-refractivity contribution in [3.05, 3.63) is 35.8 Å². The average molecular weight is 322 g/mol. The summed E-state index contributed by atoms with van der Waals surface area (Å²) in [7, 11) is 3.42. The molecule has 1 saturated heterocycles. The maximum absolute atomic E-state index is 12.0. The normalized spacial score (nSPS) is 17.3. The van der Waals surface area contributed by atoms with Gasteiger partial charge in [0.25, 0.3) is 0 Å². The smallest absolute Gasteiger partial charge is 0.231 e. The molecule has 7 heteroatoms. The van der Waals surface area contributed by atoms with Gasteiger partial charge in [0.2, 0.25) is 5.91 Å². The van der Waals surface area contributed by atoms with E-state index in [-0.39, 0.29) is 24.3 Å². The Morgan fingerprint density at radius 2 is 2.12 bits per heavy atom. The number of pyridine rings is 1. The summed E-state index contributed by atoms with van der Waals surface area (Å²) in [6.45, 7) is 1.78. The van der Waals surface area contributed by atoms with Gasteiger partial charge < -0.3 is 5.32 Å². The van der Waals surface area contributed by atoms with E-state index in [0.717, 1.165) is 22.5 Å². The van der Waals surface area contributed by atoms with E-state index >= 15 is 0 Å². The Bertz CT molecular complexity index is 855. The third-order valence-corrected chi connectivity index (χ3v) is 3.98. The lowest BCUT2D eigenvalue weighted by atomic mass is 10.1. The highest BCUT2D eigenvalue weighted by molar-refractivity contribution is 5.98. The van der Waals surface area contributed by atoms with Crippen molar-refractivity contribution in [2.75, 3.05) is 7.05 Å². The van der Waals surface area contributed by atoms with Crippen LogP contribution < -0.4 is 5.32 Å². The first-order valence-corrected chi connectivity index (χ1v) is 7.53. The molecule has 0 unspecified atom stereocenters. The fourth-order valence-corrected chi connectivity index (χ4v) is 2.67. The minimum absolute atomic E-state index is 0.0895. The molecule has 2 aromatic rings. The third-order valence-electron chi connectivity index (χ3n) is 3.98. The summed E-state index contributed by atoms with van der Waals surface area (Å²) in [6, 6.07) is 3.59. The van der Waals surface area contributed by atoms with Gasteiger partial charge in [0.1, 0.15) is 0 Å². The molecule has 1 aliphatic heterocycles. The van der Waals surface area contributed by atoms with Gasteiger partial charge >= 0.3 is 0 Å². The zero-order valence-corrected chi connectivity index (χ0v) is 13.8. The summed E-state index contributed by atoms with van der Waals surface area (Å²) < 4.78 is 1.73. The molecule has 7 nitrogen and oxygen atoms in total. The molecule has 2 N–H and O–H groups in total. The van der Waals surface area contributed by atoms with Gasteiger partial charge in [0, 0.05) is 37.6 Å². The van der Waals surface area contributed by atoms with Gasteiger partial charge in [-0.1, -0.05) is 5.92 Å². The summed E-state index contributed by atoms with van der Waals surface area (Å²) in [5.41, 5.74) is 3.31. The zero-order valence-electron chi connectivity index (χ0n) is 13.8. The van der Waals surface area contributed by atoms with Crippen molar-refractivity contribution >= 4 is 11.9 Å². The van der Waals surface area contributed by atoms with Crippen LogP contribution in [0.2, 0.25) is 0 Å². The van der Waals surface area contributed by atoms with Crippen LogP contribution in [0.5, 0.6) is 0 Å². The fourth-order valence-electron chi connectivity index (χ4n) is 2.67. The fraction of sp³-hybridized carbons (Fsp3) is 0.294. The van der Waals surface area contributed by atoms with Gasteiger partial charge in [-0.05, 0) is 19.1 Å². The van der Waals surface area contributed by atoms with Crippen molar-refractivity contribution in [1.29, 1.82) is 5.41 Å². The molecule has 1 fully saturated rings. The van der Waals surface area contributed by atoms with Gasteiger partial charge in [-0.25, -0.2) is 0 Å². The van der Waals surface area contributed by atoms with Crippen molar-refractivity contribution in [1.82, 2.24) is 25.0 Å². The van der Waals surface area contributed by atoms with E-state index in [2.05, 4.69) is 27.2 Å². The predicted molar refractivity (Wildman–Crippen MR) is 90.0 cm³/mol. The molecule has 3 heterocycles. The van der Waals surface area contributed by atoms with Crippen LogP contribution in [0.4, 0.5) is 0 Å². The quantitative estimate of drug-likeness (QED) is 0.816. The molecule has 0 saturated carbocycles. The van der Waals surface area contributed by atoms with Crippen LogP contribution in [-0.2, 0) is 11.8 Å². The first kappa shape index (κ1) is 15.7. The maximum Gasteiger partial charge on any atom is 0.231 e. The molecule has 0 aliphatic carbocycles. The number of carbonyl (C=O) groups excluding carboxylic acids is 1. The summed E-state index contributed by atoms with van der Waals surface area (Å²) in [6.07, 6.45) is 3.74. The number of nitrogens with zero attached hydrogens (tertiary/aromatic N) is 4. The lowest BCUT2D eigenvalue weighted by molar-refractivity contribution is -0.128. The number of guanidine groups is 1. The lowest BCUT2D eigenvalue weighted by Crippen LogP contribution is -2.49. The number of hydrogen-bond donors (Lipinski definition) is 2. The van der Waals surface area contributed by atoms with Crippen LogP contribution >= 0.6 is 0 Å². The van der Waals surface area contributed by atoms with Gasteiger partial charge in [-0.15, -0.1) is 5.92 Å². The summed E-state index contributed by atoms with van der Waals surface area (Å²) in [5.74, 6) is 5.84. The Morgan fingerprint density at radius 1 is 1.33 bits per heavy atom. The van der Waals surface area contributed by atoms with Crippen LogP contribution in [0.25, 0.3) is 11.3 Å². The minimum Gasteiger partial charge on any atom is -0.347 e. The summed E-state index contributed by atoms with van der Waals surface area (Å²) in [5, 5.41) is 15.4. The number of hydrogen-bond acceptors (Lipinski definition) is 4. The van der Waals surface area contributed by atoms with Crippen LogP contribution in [0.1, 0.15) is 30.6 Å². The largest absolute Gasteiger partial charge is 0.347 e. The molecule has 122 valence electrons. The highest BCUT2D eigenvalue weighted by atomic mass is 16.2. The molecule has 1 atom stereocenters. The highest BCUT2D eigenvalue weighted by Crippen LogP contribution is 2.26. The number of rotatable bonds is 2. The van der Waals surface area contributed by atoms with Gasteiger partial charge in [-0.2, -0.15) is 5.10 Å². The number of aromatic nitrogens is 3. The predicted octanol–water partition coefficient (Wildman–Crippen LogP) is 1.28. The standard InChI is InChI=1S/C17H18N6O/c1-4-5-11-6-12(10-19-9-11)13-7-15(23(3)21-13)14-8-16(24)22(2)17(18)20-14/h6-7,9-10,14H,8H2,1-3H3,(H2,18,20)/t14-/m0/s1. The second-order valence-corrected chi connectivity index (χ2v) is 5.62. The van der Waals surface area contributed by atoms with Crippen LogP contribution in [0.15, 0.2) is 24.5 Å². The van der Waals surface area contributed by atoms with E-state index in [0.29, 0.717) is 0 Å². The van der Waals surface area contributed by atoms with Crippen molar-refractivity contribution in [2.45, 2.75) is 19.4 Å². The topological polar surface area (TPSA) is 86.9 Å². The highest BCUT2D eigenvalue weighted by Gasteiger charge is 2.30. The van der Waals surface area contributed by atoms with Crippen molar-refractivity contribution in [3.63, 3.8) is 0 Å². The number of nitrogens with one attached hydrogen (secondary N) is 2. The molecule has 1 amide bonds. The van der Waals surface area contributed by atoms with Crippen molar-refractivity contribution < 1.29 is 4.79 Å². The van der Waals surface area contributed by atoms with Crippen molar-refractivity contribution in [2.24, 2.45) is 7.05 Å². The number of amides is 1. The molecule has 2 aromatic heterocycles. The molecule has 0 radical (unpaired) electrons. The second kappa shape index (κ2) is 6.16. The molecule has 0 spiro atoms. The Hall–Kier alpha value is -3.14. The molecule has 3 rings (SSSR count). The summed E-state index contributed by atoms with van der Waals surface area (Å²) in [4.78, 5) is 17.5. The van der Waals surface area contributed by atoms with E-state index in [1.165, 1.54) is 4.90 Å². The Balaban J connectivity index is 1.93. The average Bonchev–Trinajstić information content (AvgIpc) is 2.95. The van der Waals surface area contributed by atoms with Gasteiger partial charge in [0.15, 0.2) is 5.96 Å². The monoisotopic (exact) mass is 322 g/mol. The second-order valence-electron chi connectivity index (χ2n) is 5.62.